The number of nitrogens with zero attached hydrogens (tertiary/aromatic N) is 4. The van der Waals surface area contributed by atoms with Gasteiger partial charge < -0.3 is 10.2 Å². The topological polar surface area (TPSA) is 51.7 Å². The molecule has 1 saturated heterocycles. The van der Waals surface area contributed by atoms with Gasteiger partial charge in [-0.25, -0.2) is 9.78 Å². The fourth-order valence-electron chi connectivity index (χ4n) is 5.74. The van der Waals surface area contributed by atoms with Gasteiger partial charge >= 0.3 is 6.03 Å². The molecule has 6 nitrogen and oxygen atoms in total. The van der Waals surface area contributed by atoms with Gasteiger partial charge in [0.1, 0.15) is 5.82 Å². The van der Waals surface area contributed by atoms with Crippen LogP contribution >= 0.6 is 0 Å². The number of hydrogen-bond donors (Lipinski definition) is 1. The van der Waals surface area contributed by atoms with Gasteiger partial charge in [0.2, 0.25) is 0 Å². The summed E-state index contributed by atoms with van der Waals surface area (Å²) in [5.41, 5.74) is 4.20. The van der Waals surface area contributed by atoms with E-state index in [4.69, 9.17) is 4.98 Å². The van der Waals surface area contributed by atoms with Crippen molar-refractivity contribution >= 4 is 34.0 Å². The number of pyridine rings is 1. The summed E-state index contributed by atoms with van der Waals surface area (Å²) < 4.78 is 0. The van der Waals surface area contributed by atoms with Crippen LogP contribution in [0.3, 0.4) is 0 Å². The summed E-state index contributed by atoms with van der Waals surface area (Å²) in [6.07, 6.45) is 3.87. The van der Waals surface area contributed by atoms with Gasteiger partial charge in [0.05, 0.1) is 6.04 Å². The third-order valence-corrected chi connectivity index (χ3v) is 7.76. The molecule has 0 aliphatic carbocycles. The fourth-order valence-corrected chi connectivity index (χ4v) is 5.74. The SMILES string of the molecule is Cc1ccccc1NC(=O)N1c2ccccc2CCC1CN1CCN(c2nccc3ccccc23)CC1. The molecule has 0 saturated carbocycles. The van der Waals surface area contributed by atoms with E-state index in [0.717, 1.165) is 68.3 Å². The Bertz CT molecular complexity index is 1410. The normalized spacial score (nSPS) is 18.0. The van der Waals surface area contributed by atoms with Gasteiger partial charge in [-0.1, -0.05) is 60.7 Å². The van der Waals surface area contributed by atoms with Crippen molar-refractivity contribution < 1.29 is 4.79 Å². The van der Waals surface area contributed by atoms with E-state index in [1.54, 1.807) is 0 Å². The largest absolute Gasteiger partial charge is 0.354 e. The van der Waals surface area contributed by atoms with Gasteiger partial charge in [-0.2, -0.15) is 0 Å². The van der Waals surface area contributed by atoms with Crippen LogP contribution in [-0.2, 0) is 6.42 Å². The quantitative estimate of drug-likeness (QED) is 0.397. The highest BCUT2D eigenvalue weighted by molar-refractivity contribution is 6.03. The first kappa shape index (κ1) is 23.5. The van der Waals surface area contributed by atoms with Crippen molar-refractivity contribution in [3.63, 3.8) is 0 Å². The Morgan fingerprint density at radius 2 is 1.68 bits per heavy atom. The summed E-state index contributed by atoms with van der Waals surface area (Å²) in [7, 11) is 0. The molecule has 2 aliphatic rings. The molecule has 0 spiro atoms. The molecule has 37 heavy (non-hydrogen) atoms. The molecule has 1 atom stereocenters. The van der Waals surface area contributed by atoms with Crippen molar-refractivity contribution in [1.29, 1.82) is 0 Å². The number of anilines is 3. The van der Waals surface area contributed by atoms with Crippen LogP contribution in [0.2, 0.25) is 0 Å². The fraction of sp³-hybridized carbons (Fsp3) is 0.290. The Hall–Kier alpha value is -3.90. The molecular weight excluding hydrogens is 458 g/mol. The van der Waals surface area contributed by atoms with Crippen LogP contribution in [0.15, 0.2) is 85.1 Å². The van der Waals surface area contributed by atoms with Gasteiger partial charge in [0, 0.05) is 55.7 Å². The number of carbonyl (C=O) groups is 1. The molecule has 1 fully saturated rings. The third kappa shape index (κ3) is 4.77. The van der Waals surface area contributed by atoms with E-state index >= 15 is 0 Å². The first-order valence-electron chi connectivity index (χ1n) is 13.2. The van der Waals surface area contributed by atoms with E-state index < -0.39 is 0 Å². The third-order valence-electron chi connectivity index (χ3n) is 7.76. The lowest BCUT2D eigenvalue weighted by atomic mass is 9.95. The first-order chi connectivity index (χ1) is 18.2. The number of piperazine rings is 1. The lowest BCUT2D eigenvalue weighted by Gasteiger charge is -2.42. The zero-order chi connectivity index (χ0) is 25.2. The highest BCUT2D eigenvalue weighted by atomic mass is 16.2. The number of benzene rings is 3. The molecule has 0 bridgehead atoms. The lowest BCUT2D eigenvalue weighted by Crippen LogP contribution is -2.55. The van der Waals surface area contributed by atoms with E-state index in [0.29, 0.717) is 0 Å². The monoisotopic (exact) mass is 491 g/mol. The number of aryl methyl sites for hydroxylation is 2. The van der Waals surface area contributed by atoms with Crippen molar-refractivity contribution in [1.82, 2.24) is 9.88 Å². The summed E-state index contributed by atoms with van der Waals surface area (Å²) in [5.74, 6) is 1.07. The van der Waals surface area contributed by atoms with E-state index in [9.17, 15) is 4.79 Å². The number of urea groups is 1. The van der Waals surface area contributed by atoms with Crippen LogP contribution in [0.1, 0.15) is 17.5 Å². The second kappa shape index (κ2) is 10.2. The second-order valence-corrected chi connectivity index (χ2v) is 10.1. The highest BCUT2D eigenvalue weighted by Gasteiger charge is 2.33. The number of carbonyl (C=O) groups excluding carboxylic acids is 1. The van der Waals surface area contributed by atoms with Crippen LogP contribution in [0.5, 0.6) is 0 Å². The van der Waals surface area contributed by atoms with Crippen molar-refractivity contribution in [2.75, 3.05) is 47.8 Å². The van der Waals surface area contributed by atoms with Crippen molar-refractivity contribution in [2.24, 2.45) is 0 Å². The average Bonchev–Trinajstić information content (AvgIpc) is 2.94. The number of rotatable bonds is 4. The maximum atomic E-state index is 13.7. The summed E-state index contributed by atoms with van der Waals surface area (Å²) in [5, 5.41) is 5.62. The second-order valence-electron chi connectivity index (χ2n) is 10.1. The number of para-hydroxylation sites is 2. The summed E-state index contributed by atoms with van der Waals surface area (Å²) in [6, 6.07) is 26.9. The van der Waals surface area contributed by atoms with Gasteiger partial charge in [-0.3, -0.25) is 9.80 Å². The van der Waals surface area contributed by atoms with Gasteiger partial charge in [0.15, 0.2) is 0 Å². The molecule has 4 aromatic rings. The zero-order valence-electron chi connectivity index (χ0n) is 21.3. The Morgan fingerprint density at radius 3 is 2.54 bits per heavy atom. The molecule has 1 unspecified atom stereocenters. The smallest absolute Gasteiger partial charge is 0.326 e. The number of hydrogen-bond acceptors (Lipinski definition) is 4. The number of aromatic nitrogens is 1. The van der Waals surface area contributed by atoms with E-state index in [1.165, 1.54) is 16.3 Å². The minimum Gasteiger partial charge on any atom is -0.354 e. The average molecular weight is 492 g/mol. The summed E-state index contributed by atoms with van der Waals surface area (Å²) >= 11 is 0. The molecule has 2 amide bonds. The summed E-state index contributed by atoms with van der Waals surface area (Å²) in [4.78, 5) is 25.3. The summed E-state index contributed by atoms with van der Waals surface area (Å²) in [6.45, 7) is 6.67. The van der Waals surface area contributed by atoms with Crippen LogP contribution in [0.25, 0.3) is 10.8 Å². The van der Waals surface area contributed by atoms with Crippen LogP contribution in [0, 0.1) is 6.92 Å². The Labute approximate surface area is 218 Å². The predicted molar refractivity (Wildman–Crippen MR) is 152 cm³/mol. The molecule has 3 aromatic carbocycles. The van der Waals surface area contributed by atoms with Crippen LogP contribution < -0.4 is 15.1 Å². The molecule has 6 rings (SSSR count). The number of amides is 2. The Morgan fingerprint density at radius 1 is 0.919 bits per heavy atom. The molecule has 1 N–H and O–H groups in total. The predicted octanol–water partition coefficient (Wildman–Crippen LogP) is 5.72. The molecular formula is C31H33N5O. The van der Waals surface area contributed by atoms with Crippen LogP contribution in [-0.4, -0.2) is 54.7 Å². The molecule has 1 aromatic heterocycles. The Kier molecular flexibility index (Phi) is 6.49. The minimum absolute atomic E-state index is 0.0509. The standard InChI is InChI=1S/C31H33N5O/c1-23-8-2-6-12-28(23)33-31(37)36-26(15-14-25-10-4-7-13-29(25)36)22-34-18-20-35(21-19-34)30-27-11-5-3-9-24(27)16-17-32-30/h2-13,16-17,26H,14-15,18-22H2,1H3,(H,33,37). The van der Waals surface area contributed by atoms with Crippen molar-refractivity contribution in [3.8, 4) is 0 Å². The van der Waals surface area contributed by atoms with E-state index in [-0.39, 0.29) is 12.1 Å². The van der Waals surface area contributed by atoms with Crippen molar-refractivity contribution in [2.45, 2.75) is 25.8 Å². The van der Waals surface area contributed by atoms with Gasteiger partial charge in [-0.15, -0.1) is 0 Å². The highest BCUT2D eigenvalue weighted by Crippen LogP contribution is 2.32. The van der Waals surface area contributed by atoms with Gasteiger partial charge in [-0.05, 0) is 54.5 Å². The molecule has 0 radical (unpaired) electrons. The lowest BCUT2D eigenvalue weighted by molar-refractivity contribution is 0.225. The van der Waals surface area contributed by atoms with Crippen LogP contribution in [0.4, 0.5) is 22.0 Å². The Balaban J connectivity index is 1.18. The molecule has 188 valence electrons. The maximum Gasteiger partial charge on any atom is 0.326 e. The van der Waals surface area contributed by atoms with Crippen molar-refractivity contribution in [3.05, 3.63) is 96.2 Å². The maximum absolute atomic E-state index is 13.7. The number of nitrogens with one attached hydrogen (secondary N) is 1. The first-order valence-corrected chi connectivity index (χ1v) is 13.2. The molecule has 6 heteroatoms. The van der Waals surface area contributed by atoms with E-state index in [2.05, 4.69) is 63.6 Å². The molecule has 3 heterocycles. The van der Waals surface area contributed by atoms with Gasteiger partial charge in [0.25, 0.3) is 0 Å². The molecule has 2 aliphatic heterocycles. The number of fused-ring (bicyclic) bond motifs is 2. The van der Waals surface area contributed by atoms with E-state index in [1.807, 2.05) is 48.4 Å². The minimum atomic E-state index is -0.0509. The zero-order valence-corrected chi connectivity index (χ0v) is 21.3.